The van der Waals surface area contributed by atoms with Gasteiger partial charge in [0.25, 0.3) is 0 Å². The van der Waals surface area contributed by atoms with Gasteiger partial charge in [0, 0.05) is 6.07 Å². The van der Waals surface area contributed by atoms with Crippen LogP contribution in [0.15, 0.2) is 54.7 Å². The van der Waals surface area contributed by atoms with Gasteiger partial charge in [0.1, 0.15) is 11.4 Å². The van der Waals surface area contributed by atoms with Gasteiger partial charge in [-0.3, -0.25) is 4.79 Å². The zero-order chi connectivity index (χ0) is 14.7. The molecule has 0 unspecified atom stereocenters. The summed E-state index contributed by atoms with van der Waals surface area (Å²) in [5.41, 5.74) is 1.49. The molecule has 0 atom stereocenters. The SMILES string of the molecule is COc1ccc(C(=O)c2ccnn2-c2ccccc2)nn1. The van der Waals surface area contributed by atoms with E-state index in [1.807, 2.05) is 30.3 Å². The second-order valence-electron chi connectivity index (χ2n) is 4.25. The standard InChI is InChI=1S/C15H12N4O2/c1-21-14-8-7-12(17-18-14)15(20)13-9-10-16-19(13)11-5-3-2-4-6-11/h2-10H,1H3. The third-order valence-electron chi connectivity index (χ3n) is 2.96. The van der Waals surface area contributed by atoms with Crippen molar-refractivity contribution in [2.24, 2.45) is 0 Å². The van der Waals surface area contributed by atoms with Crippen LogP contribution < -0.4 is 4.74 Å². The van der Waals surface area contributed by atoms with Gasteiger partial charge in [0.2, 0.25) is 11.7 Å². The molecule has 6 nitrogen and oxygen atoms in total. The first-order chi connectivity index (χ1) is 10.3. The molecule has 2 heterocycles. The average molecular weight is 280 g/mol. The molecular formula is C15H12N4O2. The van der Waals surface area contributed by atoms with Crippen LogP contribution in [0.3, 0.4) is 0 Å². The van der Waals surface area contributed by atoms with Gasteiger partial charge >= 0.3 is 0 Å². The Bertz CT molecular complexity index is 751. The maximum Gasteiger partial charge on any atom is 0.233 e. The Morgan fingerprint density at radius 1 is 1.05 bits per heavy atom. The topological polar surface area (TPSA) is 69.9 Å². The van der Waals surface area contributed by atoms with Gasteiger partial charge in [0.15, 0.2) is 0 Å². The number of benzene rings is 1. The highest BCUT2D eigenvalue weighted by Crippen LogP contribution is 2.14. The van der Waals surface area contributed by atoms with E-state index in [4.69, 9.17) is 4.74 Å². The Morgan fingerprint density at radius 3 is 2.52 bits per heavy atom. The van der Waals surface area contributed by atoms with Crippen molar-refractivity contribution in [3.8, 4) is 11.6 Å². The summed E-state index contributed by atoms with van der Waals surface area (Å²) in [4.78, 5) is 12.5. The first-order valence-electron chi connectivity index (χ1n) is 6.31. The molecule has 0 fully saturated rings. The van der Waals surface area contributed by atoms with Crippen molar-refractivity contribution < 1.29 is 9.53 Å². The number of methoxy groups -OCH3 is 1. The van der Waals surface area contributed by atoms with Crippen LogP contribution in [-0.2, 0) is 0 Å². The van der Waals surface area contributed by atoms with Crippen LogP contribution in [0.1, 0.15) is 16.2 Å². The number of carbonyl (C=O) groups excluding carboxylic acids is 1. The van der Waals surface area contributed by atoms with E-state index in [-0.39, 0.29) is 11.5 Å². The third-order valence-corrected chi connectivity index (χ3v) is 2.96. The highest BCUT2D eigenvalue weighted by Gasteiger charge is 2.17. The fourth-order valence-electron chi connectivity index (χ4n) is 1.93. The summed E-state index contributed by atoms with van der Waals surface area (Å²) < 4.78 is 6.51. The molecule has 0 bridgehead atoms. The van der Waals surface area contributed by atoms with Crippen molar-refractivity contribution in [1.82, 2.24) is 20.0 Å². The molecule has 0 spiro atoms. The summed E-state index contributed by atoms with van der Waals surface area (Å²) in [6.07, 6.45) is 1.58. The molecule has 0 saturated carbocycles. The summed E-state index contributed by atoms with van der Waals surface area (Å²) in [5, 5.41) is 11.9. The lowest BCUT2D eigenvalue weighted by Crippen LogP contribution is -2.12. The number of carbonyl (C=O) groups is 1. The molecule has 1 aromatic carbocycles. The molecule has 3 rings (SSSR count). The van der Waals surface area contributed by atoms with Crippen molar-refractivity contribution in [1.29, 1.82) is 0 Å². The molecule has 0 radical (unpaired) electrons. The van der Waals surface area contributed by atoms with Crippen LogP contribution in [0, 0.1) is 0 Å². The maximum absolute atomic E-state index is 12.5. The molecule has 2 aromatic heterocycles. The van der Waals surface area contributed by atoms with Crippen molar-refractivity contribution in [2.45, 2.75) is 0 Å². The average Bonchev–Trinajstić information content (AvgIpc) is 3.04. The summed E-state index contributed by atoms with van der Waals surface area (Å²) in [5.74, 6) is 0.120. The summed E-state index contributed by atoms with van der Waals surface area (Å²) >= 11 is 0. The number of para-hydroxylation sites is 1. The van der Waals surface area contributed by atoms with Crippen LogP contribution in [-0.4, -0.2) is 32.9 Å². The lowest BCUT2D eigenvalue weighted by molar-refractivity contribution is 0.102. The summed E-state index contributed by atoms with van der Waals surface area (Å²) in [6, 6.07) is 14.3. The number of aromatic nitrogens is 4. The predicted molar refractivity (Wildman–Crippen MR) is 75.6 cm³/mol. The fourth-order valence-corrected chi connectivity index (χ4v) is 1.93. The Hall–Kier alpha value is -3.02. The highest BCUT2D eigenvalue weighted by atomic mass is 16.5. The number of hydrogen-bond acceptors (Lipinski definition) is 5. The molecule has 0 amide bonds. The first-order valence-corrected chi connectivity index (χ1v) is 6.31. The Kier molecular flexibility index (Phi) is 3.42. The van der Waals surface area contributed by atoms with E-state index in [9.17, 15) is 4.79 Å². The first kappa shape index (κ1) is 13.0. The van der Waals surface area contributed by atoms with E-state index in [0.29, 0.717) is 11.6 Å². The zero-order valence-electron chi connectivity index (χ0n) is 11.3. The van der Waals surface area contributed by atoms with Crippen LogP contribution in [0.25, 0.3) is 5.69 Å². The predicted octanol–water partition coefficient (Wildman–Crippen LogP) is 1.90. The molecular weight excluding hydrogens is 268 g/mol. The number of nitrogens with zero attached hydrogens (tertiary/aromatic N) is 4. The molecule has 0 aliphatic rings. The van der Waals surface area contributed by atoms with Crippen LogP contribution in [0.4, 0.5) is 0 Å². The number of ether oxygens (including phenoxy) is 1. The monoisotopic (exact) mass is 280 g/mol. The fraction of sp³-hybridized carbons (Fsp3) is 0.0667. The molecule has 0 aliphatic heterocycles. The Balaban J connectivity index is 1.97. The molecule has 104 valence electrons. The maximum atomic E-state index is 12.5. The molecule has 6 heteroatoms. The van der Waals surface area contributed by atoms with Gasteiger partial charge in [-0.15, -0.1) is 10.2 Å². The lowest BCUT2D eigenvalue weighted by Gasteiger charge is -2.06. The van der Waals surface area contributed by atoms with Crippen molar-refractivity contribution in [3.63, 3.8) is 0 Å². The van der Waals surface area contributed by atoms with Gasteiger partial charge in [-0.2, -0.15) is 5.10 Å². The minimum atomic E-state index is -0.244. The quantitative estimate of drug-likeness (QED) is 0.683. The molecule has 0 aliphatic carbocycles. The molecule has 0 N–H and O–H groups in total. The molecule has 21 heavy (non-hydrogen) atoms. The second kappa shape index (κ2) is 5.54. The summed E-state index contributed by atoms with van der Waals surface area (Å²) in [7, 11) is 1.50. The van der Waals surface area contributed by atoms with E-state index in [1.165, 1.54) is 7.11 Å². The van der Waals surface area contributed by atoms with E-state index < -0.39 is 0 Å². The van der Waals surface area contributed by atoms with E-state index in [0.717, 1.165) is 5.69 Å². The summed E-state index contributed by atoms with van der Waals surface area (Å²) in [6.45, 7) is 0. The van der Waals surface area contributed by atoms with E-state index >= 15 is 0 Å². The van der Waals surface area contributed by atoms with Crippen LogP contribution in [0.2, 0.25) is 0 Å². The number of rotatable bonds is 4. The third kappa shape index (κ3) is 2.51. The van der Waals surface area contributed by atoms with E-state index in [1.54, 1.807) is 29.1 Å². The Morgan fingerprint density at radius 2 is 1.86 bits per heavy atom. The number of ketones is 1. The highest BCUT2D eigenvalue weighted by molar-refractivity contribution is 6.06. The lowest BCUT2D eigenvalue weighted by atomic mass is 10.2. The van der Waals surface area contributed by atoms with Gasteiger partial charge in [-0.05, 0) is 24.3 Å². The molecule has 3 aromatic rings. The van der Waals surface area contributed by atoms with Gasteiger partial charge in [0.05, 0.1) is 19.0 Å². The number of hydrogen-bond donors (Lipinski definition) is 0. The minimum absolute atomic E-state index is 0.244. The van der Waals surface area contributed by atoms with Gasteiger partial charge in [-0.1, -0.05) is 18.2 Å². The van der Waals surface area contributed by atoms with Crippen LogP contribution in [0.5, 0.6) is 5.88 Å². The van der Waals surface area contributed by atoms with Crippen molar-refractivity contribution in [2.75, 3.05) is 7.11 Å². The van der Waals surface area contributed by atoms with Crippen molar-refractivity contribution >= 4 is 5.78 Å². The molecule has 0 saturated heterocycles. The minimum Gasteiger partial charge on any atom is -0.480 e. The normalized spacial score (nSPS) is 10.3. The smallest absolute Gasteiger partial charge is 0.233 e. The van der Waals surface area contributed by atoms with Gasteiger partial charge in [-0.25, -0.2) is 4.68 Å². The van der Waals surface area contributed by atoms with Crippen molar-refractivity contribution in [3.05, 3.63) is 66.1 Å². The largest absolute Gasteiger partial charge is 0.480 e. The zero-order valence-corrected chi connectivity index (χ0v) is 11.3. The van der Waals surface area contributed by atoms with Gasteiger partial charge < -0.3 is 4.74 Å². The van der Waals surface area contributed by atoms with E-state index in [2.05, 4.69) is 15.3 Å². The Labute approximate surface area is 121 Å². The second-order valence-corrected chi connectivity index (χ2v) is 4.25. The van der Waals surface area contributed by atoms with Crippen LogP contribution >= 0.6 is 0 Å².